The Kier molecular flexibility index (Phi) is 6.04. The summed E-state index contributed by atoms with van der Waals surface area (Å²) in [5.41, 5.74) is 10.0. The first kappa shape index (κ1) is 18.6. The van der Waals surface area contributed by atoms with Crippen molar-refractivity contribution in [1.82, 2.24) is 0 Å². The molecule has 1 heterocycles. The van der Waals surface area contributed by atoms with Crippen molar-refractivity contribution >= 4 is 36.8 Å². The zero-order valence-electron chi connectivity index (χ0n) is 14.7. The predicted molar refractivity (Wildman–Crippen MR) is 112 cm³/mol. The lowest BCUT2D eigenvalue weighted by Crippen LogP contribution is -2.13. The number of amides is 1. The van der Waals surface area contributed by atoms with E-state index in [1.54, 1.807) is 18.4 Å². The van der Waals surface area contributed by atoms with Crippen molar-refractivity contribution in [1.29, 1.82) is 0 Å². The summed E-state index contributed by atoms with van der Waals surface area (Å²) in [6.07, 6.45) is 0.879. The first-order valence-corrected chi connectivity index (χ1v) is 10.9. The minimum Gasteiger partial charge on any atom is -0.397 e. The minimum absolute atomic E-state index is 0.169. The average Bonchev–Trinajstić information content (AvgIpc) is 3.18. The number of carbonyl (C=O) groups is 1. The summed E-state index contributed by atoms with van der Waals surface area (Å²) >= 11 is 1.65. The summed E-state index contributed by atoms with van der Waals surface area (Å²) < 4.78 is 5.34. The lowest BCUT2D eigenvalue weighted by atomic mass is 10.1. The van der Waals surface area contributed by atoms with Crippen molar-refractivity contribution in [3.05, 3.63) is 71.1 Å². The van der Waals surface area contributed by atoms with Crippen LogP contribution in [-0.2, 0) is 10.7 Å². The van der Waals surface area contributed by atoms with Crippen LogP contribution in [0.15, 0.2) is 60.0 Å². The average molecular weight is 384 g/mol. The third-order valence-corrected chi connectivity index (χ3v) is 6.39. The van der Waals surface area contributed by atoms with Crippen LogP contribution in [0.2, 0.25) is 0 Å². The van der Waals surface area contributed by atoms with Gasteiger partial charge in [0.25, 0.3) is 5.91 Å². The van der Waals surface area contributed by atoms with E-state index in [1.165, 1.54) is 0 Å². The molecule has 0 fully saturated rings. The van der Waals surface area contributed by atoms with Gasteiger partial charge in [0, 0.05) is 31.9 Å². The van der Waals surface area contributed by atoms with Crippen LogP contribution < -0.4 is 11.1 Å². The fraction of sp³-hybridized carbons (Fsp3) is 0.150. The molecular formula is C20H21N2O2PS. The zero-order chi connectivity index (χ0) is 18.5. The van der Waals surface area contributed by atoms with E-state index in [0.29, 0.717) is 16.9 Å². The molecule has 0 saturated carbocycles. The highest BCUT2D eigenvalue weighted by Gasteiger charge is 2.10. The summed E-state index contributed by atoms with van der Waals surface area (Å²) in [6, 6.07) is 17.4. The third-order valence-electron chi connectivity index (χ3n) is 4.04. The first-order chi connectivity index (χ1) is 12.6. The van der Waals surface area contributed by atoms with E-state index >= 15 is 0 Å². The molecule has 0 bridgehead atoms. The zero-order valence-corrected chi connectivity index (χ0v) is 16.4. The minimum atomic E-state index is -0.462. The molecule has 0 aliphatic carbocycles. The van der Waals surface area contributed by atoms with Crippen LogP contribution in [0.1, 0.15) is 15.9 Å². The number of anilines is 2. The van der Waals surface area contributed by atoms with E-state index in [0.717, 1.165) is 22.2 Å². The maximum absolute atomic E-state index is 12.6. The smallest absolute Gasteiger partial charge is 0.255 e. The molecule has 134 valence electrons. The fourth-order valence-corrected chi connectivity index (χ4v) is 4.12. The Morgan fingerprint density at radius 1 is 1.19 bits per heavy atom. The highest BCUT2D eigenvalue weighted by molar-refractivity contribution is 7.50. The lowest BCUT2D eigenvalue weighted by molar-refractivity contribution is 0.102. The van der Waals surface area contributed by atoms with Gasteiger partial charge in [0.05, 0.1) is 11.4 Å². The van der Waals surface area contributed by atoms with Crippen molar-refractivity contribution in [2.45, 2.75) is 6.16 Å². The second kappa shape index (κ2) is 8.45. The molecule has 0 spiro atoms. The largest absolute Gasteiger partial charge is 0.397 e. The van der Waals surface area contributed by atoms with Crippen molar-refractivity contribution in [2.24, 2.45) is 0 Å². The highest BCUT2D eigenvalue weighted by Crippen LogP contribution is 2.35. The Labute approximate surface area is 158 Å². The molecule has 3 aromatic rings. The molecule has 2 aromatic carbocycles. The number of nitrogen functional groups attached to an aromatic ring is 1. The van der Waals surface area contributed by atoms with Gasteiger partial charge in [-0.15, -0.1) is 11.3 Å². The van der Waals surface area contributed by atoms with Gasteiger partial charge in [-0.25, -0.2) is 0 Å². The van der Waals surface area contributed by atoms with Gasteiger partial charge in [-0.05, 0) is 53.5 Å². The summed E-state index contributed by atoms with van der Waals surface area (Å²) in [7, 11) is 1.26. The SMILES string of the molecule is CO[P@](C)Cc1ccc(C(=O)Nc2cc(-c3cccs3)ccc2N)cc1. The second-order valence-electron chi connectivity index (χ2n) is 5.90. The van der Waals surface area contributed by atoms with Crippen molar-refractivity contribution in [3.8, 4) is 10.4 Å². The molecule has 3 N–H and O–H groups in total. The van der Waals surface area contributed by atoms with Gasteiger partial charge in [-0.2, -0.15) is 0 Å². The molecule has 1 aromatic heterocycles. The van der Waals surface area contributed by atoms with Crippen LogP contribution in [0, 0.1) is 0 Å². The normalized spacial score (nSPS) is 11.9. The molecule has 0 aliphatic rings. The molecule has 1 amide bonds. The van der Waals surface area contributed by atoms with Gasteiger partial charge in [-0.1, -0.05) is 24.3 Å². The van der Waals surface area contributed by atoms with Crippen LogP contribution in [0.25, 0.3) is 10.4 Å². The van der Waals surface area contributed by atoms with Crippen LogP contribution in [-0.4, -0.2) is 19.7 Å². The number of carbonyl (C=O) groups excluding carboxylic acids is 1. The molecule has 26 heavy (non-hydrogen) atoms. The van der Waals surface area contributed by atoms with E-state index in [2.05, 4.69) is 12.0 Å². The summed E-state index contributed by atoms with van der Waals surface area (Å²) in [5, 5.41) is 4.95. The van der Waals surface area contributed by atoms with E-state index in [4.69, 9.17) is 10.3 Å². The first-order valence-electron chi connectivity index (χ1n) is 8.16. The van der Waals surface area contributed by atoms with Crippen molar-refractivity contribution < 1.29 is 9.32 Å². The number of nitrogens with one attached hydrogen (secondary N) is 1. The topological polar surface area (TPSA) is 64.3 Å². The summed E-state index contributed by atoms with van der Waals surface area (Å²) in [5.74, 6) is -0.169. The van der Waals surface area contributed by atoms with Crippen LogP contribution >= 0.6 is 19.5 Å². The maximum Gasteiger partial charge on any atom is 0.255 e. The van der Waals surface area contributed by atoms with Gasteiger partial charge in [0.15, 0.2) is 0 Å². The molecule has 0 unspecified atom stereocenters. The third kappa shape index (κ3) is 4.50. The van der Waals surface area contributed by atoms with Gasteiger partial charge in [-0.3, -0.25) is 4.79 Å². The highest BCUT2D eigenvalue weighted by atomic mass is 32.1. The Balaban J connectivity index is 1.74. The van der Waals surface area contributed by atoms with Gasteiger partial charge in [0.2, 0.25) is 0 Å². The number of thiophene rings is 1. The monoisotopic (exact) mass is 384 g/mol. The Bertz CT molecular complexity index is 879. The van der Waals surface area contributed by atoms with E-state index in [9.17, 15) is 4.79 Å². The number of rotatable bonds is 6. The van der Waals surface area contributed by atoms with Crippen LogP contribution in [0.3, 0.4) is 0 Å². The Morgan fingerprint density at radius 3 is 2.62 bits per heavy atom. The summed E-state index contributed by atoms with van der Waals surface area (Å²) in [4.78, 5) is 13.7. The van der Waals surface area contributed by atoms with E-state index in [-0.39, 0.29) is 5.91 Å². The Morgan fingerprint density at radius 2 is 1.96 bits per heavy atom. The van der Waals surface area contributed by atoms with Gasteiger partial charge < -0.3 is 15.6 Å². The van der Waals surface area contributed by atoms with Crippen molar-refractivity contribution in [2.75, 3.05) is 24.8 Å². The van der Waals surface area contributed by atoms with E-state index < -0.39 is 8.15 Å². The molecular weight excluding hydrogens is 363 g/mol. The molecule has 6 heteroatoms. The maximum atomic E-state index is 12.6. The predicted octanol–water partition coefficient (Wildman–Crippen LogP) is 5.42. The second-order valence-corrected chi connectivity index (χ2v) is 8.78. The van der Waals surface area contributed by atoms with Gasteiger partial charge >= 0.3 is 0 Å². The molecule has 0 radical (unpaired) electrons. The molecule has 4 nitrogen and oxygen atoms in total. The Hall–Kier alpha value is -2.20. The standard InChI is InChI=1S/C20H21N2O2PS/c1-24-25(2)13-14-5-7-15(8-6-14)20(23)22-18-12-16(9-10-17(18)21)19-4-3-11-26-19/h3-12H,13,21H2,1-2H3,(H,22,23)/t25-/m1/s1. The molecule has 3 rings (SSSR count). The molecule has 0 saturated heterocycles. The quantitative estimate of drug-likeness (QED) is 0.440. The summed E-state index contributed by atoms with van der Waals surface area (Å²) in [6.45, 7) is 2.08. The molecule has 1 atom stereocenters. The van der Waals surface area contributed by atoms with E-state index in [1.807, 2.05) is 60.0 Å². The number of benzene rings is 2. The lowest BCUT2D eigenvalue weighted by Gasteiger charge is -2.11. The van der Waals surface area contributed by atoms with Crippen LogP contribution in [0.5, 0.6) is 0 Å². The number of nitrogens with two attached hydrogens (primary N) is 1. The van der Waals surface area contributed by atoms with Gasteiger partial charge in [0.1, 0.15) is 0 Å². The number of hydrogen-bond acceptors (Lipinski definition) is 4. The molecule has 0 aliphatic heterocycles. The fourth-order valence-electron chi connectivity index (χ4n) is 2.54. The van der Waals surface area contributed by atoms with Crippen molar-refractivity contribution in [3.63, 3.8) is 0 Å². The van der Waals surface area contributed by atoms with Crippen LogP contribution in [0.4, 0.5) is 11.4 Å². The number of hydrogen-bond donors (Lipinski definition) is 2.